The van der Waals surface area contributed by atoms with Gasteiger partial charge in [-0.15, -0.1) is 0 Å². The summed E-state index contributed by atoms with van der Waals surface area (Å²) in [6.45, 7) is 8.21. The van der Waals surface area contributed by atoms with Gasteiger partial charge in [0.15, 0.2) is 18.2 Å². The Balaban J connectivity index is 1.59. The summed E-state index contributed by atoms with van der Waals surface area (Å²) in [6, 6.07) is 0. The van der Waals surface area contributed by atoms with Crippen molar-refractivity contribution in [2.45, 2.75) is 89.9 Å². The molecule has 7 nitrogen and oxygen atoms in total. The maximum Gasteiger partial charge on any atom is 0.308 e. The zero-order chi connectivity index (χ0) is 19.4. The molecule has 0 radical (unpaired) electrons. The maximum absolute atomic E-state index is 11.6. The maximum atomic E-state index is 11.6. The Kier molecular flexibility index (Phi) is 5.04. The van der Waals surface area contributed by atoms with Gasteiger partial charge in [0.25, 0.3) is 0 Å². The summed E-state index contributed by atoms with van der Waals surface area (Å²) in [5.74, 6) is 0.106. The Bertz CT molecular complexity index is 583. The third kappa shape index (κ3) is 3.12. The van der Waals surface area contributed by atoms with Crippen molar-refractivity contribution in [1.82, 2.24) is 0 Å². The standard InChI is InChI=1S/C20H32O7/c1-11-6-7-15-13(3)17(23-12(2)10-16(21)22-5)24-18-20(15)14(11)8-9-19(4,25-18)26-27-20/h11-15,17-18H,6-10H2,1-5H3/t11-,12+,13-,14+,15+,17+,18-,19-,20-/m1/s1. The van der Waals surface area contributed by atoms with Crippen LogP contribution in [0.2, 0.25) is 0 Å². The fraction of sp³-hybridized carbons (Fsp3) is 0.950. The molecule has 4 saturated heterocycles. The first-order valence-electron chi connectivity index (χ1n) is 10.2. The Morgan fingerprint density at radius 1 is 1.19 bits per heavy atom. The average molecular weight is 384 g/mol. The summed E-state index contributed by atoms with van der Waals surface area (Å²) in [4.78, 5) is 23.5. The minimum absolute atomic E-state index is 0.103. The van der Waals surface area contributed by atoms with Crippen LogP contribution in [0.5, 0.6) is 0 Å². The number of carbonyl (C=O) groups is 1. The van der Waals surface area contributed by atoms with E-state index in [1.54, 1.807) is 0 Å². The summed E-state index contributed by atoms with van der Waals surface area (Å²) in [7, 11) is 1.38. The van der Waals surface area contributed by atoms with Gasteiger partial charge in [-0.3, -0.25) is 4.79 Å². The third-order valence-corrected chi connectivity index (χ3v) is 7.15. The molecule has 0 aromatic rings. The summed E-state index contributed by atoms with van der Waals surface area (Å²) in [5.41, 5.74) is -0.585. The number of carbonyl (C=O) groups excluding carboxylic acids is 1. The Morgan fingerprint density at radius 2 is 1.96 bits per heavy atom. The number of methoxy groups -OCH3 is 1. The van der Waals surface area contributed by atoms with Crippen LogP contribution in [0.3, 0.4) is 0 Å². The van der Waals surface area contributed by atoms with Crippen molar-refractivity contribution in [2.75, 3.05) is 7.11 Å². The second-order valence-corrected chi connectivity index (χ2v) is 9.00. The van der Waals surface area contributed by atoms with E-state index >= 15 is 0 Å². The number of esters is 1. The summed E-state index contributed by atoms with van der Waals surface area (Å²) >= 11 is 0. The lowest BCUT2D eigenvalue weighted by Crippen LogP contribution is -2.70. The average Bonchev–Trinajstić information content (AvgIpc) is 2.85. The van der Waals surface area contributed by atoms with Gasteiger partial charge in [0.2, 0.25) is 5.79 Å². The molecular formula is C20H32O7. The smallest absolute Gasteiger partial charge is 0.308 e. The Hall–Kier alpha value is -0.730. The molecule has 0 aromatic carbocycles. The van der Waals surface area contributed by atoms with Gasteiger partial charge in [-0.1, -0.05) is 13.8 Å². The zero-order valence-electron chi connectivity index (χ0n) is 16.9. The predicted octanol–water partition coefficient (Wildman–Crippen LogP) is 3.16. The fourth-order valence-corrected chi connectivity index (χ4v) is 5.62. The molecule has 5 fully saturated rings. The van der Waals surface area contributed by atoms with Crippen LogP contribution in [0, 0.1) is 23.7 Å². The molecule has 1 saturated carbocycles. The number of hydrogen-bond donors (Lipinski definition) is 0. The zero-order valence-corrected chi connectivity index (χ0v) is 16.9. The fourth-order valence-electron chi connectivity index (χ4n) is 5.62. The molecule has 27 heavy (non-hydrogen) atoms. The summed E-state index contributed by atoms with van der Waals surface area (Å²) < 4.78 is 23.5. The molecule has 7 heteroatoms. The van der Waals surface area contributed by atoms with Gasteiger partial charge in [-0.2, -0.15) is 0 Å². The van der Waals surface area contributed by atoms with Crippen LogP contribution in [0.1, 0.15) is 59.8 Å². The van der Waals surface area contributed by atoms with Gasteiger partial charge in [-0.05, 0) is 44.9 Å². The van der Waals surface area contributed by atoms with Crippen molar-refractivity contribution in [3.63, 3.8) is 0 Å². The van der Waals surface area contributed by atoms with E-state index < -0.39 is 24.0 Å². The lowest BCUT2D eigenvalue weighted by atomic mass is 9.58. The normalized spacial score (nSPS) is 49.8. The van der Waals surface area contributed by atoms with Crippen LogP contribution in [0.15, 0.2) is 0 Å². The van der Waals surface area contributed by atoms with Gasteiger partial charge >= 0.3 is 5.97 Å². The van der Waals surface area contributed by atoms with E-state index in [2.05, 4.69) is 13.8 Å². The first kappa shape index (κ1) is 19.6. The van der Waals surface area contributed by atoms with E-state index in [1.165, 1.54) is 7.11 Å². The molecule has 2 bridgehead atoms. The molecular weight excluding hydrogens is 352 g/mol. The lowest BCUT2D eigenvalue weighted by Gasteiger charge is -2.60. The highest BCUT2D eigenvalue weighted by Gasteiger charge is 2.69. The molecule has 0 N–H and O–H groups in total. The van der Waals surface area contributed by atoms with E-state index in [9.17, 15) is 4.79 Å². The molecule has 154 valence electrons. The van der Waals surface area contributed by atoms with Gasteiger partial charge in [0, 0.05) is 18.3 Å². The van der Waals surface area contributed by atoms with Crippen LogP contribution in [-0.2, 0) is 33.5 Å². The molecule has 1 spiro atoms. The molecule has 5 aliphatic rings. The molecule has 0 amide bonds. The van der Waals surface area contributed by atoms with Crippen molar-refractivity contribution in [1.29, 1.82) is 0 Å². The van der Waals surface area contributed by atoms with Crippen molar-refractivity contribution >= 4 is 5.97 Å². The van der Waals surface area contributed by atoms with Crippen LogP contribution in [0.25, 0.3) is 0 Å². The van der Waals surface area contributed by atoms with E-state index in [0.29, 0.717) is 11.8 Å². The molecule has 0 aromatic heterocycles. The minimum atomic E-state index is -0.791. The molecule has 4 aliphatic heterocycles. The van der Waals surface area contributed by atoms with Crippen molar-refractivity contribution < 1.29 is 33.5 Å². The van der Waals surface area contributed by atoms with Crippen molar-refractivity contribution in [2.24, 2.45) is 23.7 Å². The third-order valence-electron chi connectivity index (χ3n) is 7.15. The first-order valence-corrected chi connectivity index (χ1v) is 10.2. The van der Waals surface area contributed by atoms with Gasteiger partial charge in [0.05, 0.1) is 19.6 Å². The highest BCUT2D eigenvalue weighted by atomic mass is 17.3. The van der Waals surface area contributed by atoms with Crippen LogP contribution < -0.4 is 0 Å². The topological polar surface area (TPSA) is 72.5 Å². The number of ether oxygens (including phenoxy) is 4. The summed E-state index contributed by atoms with van der Waals surface area (Å²) in [5, 5.41) is 0. The second-order valence-electron chi connectivity index (χ2n) is 9.00. The number of rotatable bonds is 4. The van der Waals surface area contributed by atoms with Crippen molar-refractivity contribution in [3.8, 4) is 0 Å². The molecule has 4 heterocycles. The lowest BCUT2D eigenvalue weighted by molar-refractivity contribution is -0.578. The first-order chi connectivity index (χ1) is 12.8. The quantitative estimate of drug-likeness (QED) is 0.544. The van der Waals surface area contributed by atoms with Crippen LogP contribution in [-0.4, -0.2) is 43.2 Å². The highest BCUT2D eigenvalue weighted by Crippen LogP contribution is 2.60. The molecule has 0 unspecified atom stereocenters. The van der Waals surface area contributed by atoms with Crippen LogP contribution >= 0.6 is 0 Å². The van der Waals surface area contributed by atoms with Crippen molar-refractivity contribution in [3.05, 3.63) is 0 Å². The Morgan fingerprint density at radius 3 is 2.70 bits per heavy atom. The monoisotopic (exact) mass is 384 g/mol. The van der Waals surface area contributed by atoms with E-state index in [0.717, 1.165) is 25.7 Å². The SMILES string of the molecule is COC(=O)C[C@H](C)O[C@H]1O[C@@H]2O[C@@]3(C)CC[C@H]4[C@H](C)CC[C@@H]([C@H]1C)[C@@]24OO3. The highest BCUT2D eigenvalue weighted by molar-refractivity contribution is 5.69. The molecule has 9 atom stereocenters. The largest absolute Gasteiger partial charge is 0.469 e. The van der Waals surface area contributed by atoms with E-state index in [4.69, 9.17) is 28.7 Å². The minimum Gasteiger partial charge on any atom is -0.469 e. The predicted molar refractivity (Wildman–Crippen MR) is 94.0 cm³/mol. The molecule has 5 rings (SSSR count). The number of fused-ring (bicyclic) bond motifs is 2. The van der Waals surface area contributed by atoms with Crippen LogP contribution in [0.4, 0.5) is 0 Å². The second kappa shape index (κ2) is 6.95. The Labute approximate surface area is 160 Å². The van der Waals surface area contributed by atoms with Gasteiger partial charge in [0.1, 0.15) is 0 Å². The van der Waals surface area contributed by atoms with E-state index in [1.807, 2.05) is 13.8 Å². The number of hydrogen-bond acceptors (Lipinski definition) is 7. The molecule has 1 aliphatic carbocycles. The van der Waals surface area contributed by atoms with Gasteiger partial charge < -0.3 is 18.9 Å². The van der Waals surface area contributed by atoms with E-state index in [-0.39, 0.29) is 30.3 Å². The summed E-state index contributed by atoms with van der Waals surface area (Å²) in [6.07, 6.45) is 2.88. The van der Waals surface area contributed by atoms with Gasteiger partial charge in [-0.25, -0.2) is 9.78 Å².